The molecule has 0 aromatic heterocycles. The first-order valence-corrected chi connectivity index (χ1v) is 17.5. The first kappa shape index (κ1) is 40.5. The standard InChI is InChI=1S/C18H18Br2N2O4.C18H19Cl2NO3/c1-10-3-11(5-13(4-10)21-2)9-26-17-14(19)6-12(7-15(17)20)18(25)22-8-16(23)24;1-11-5-13(7-14(6-11)21-2)10-24-18-15(19)8-12(9-16(18)20)3-4-17(22)23/h3-7,21H,8-9H2,1-2H3,(H,22,25)(H,23,24);5-9,21H,3-4,10H2,1-2H3,(H,22,23). The van der Waals surface area contributed by atoms with Crippen molar-refractivity contribution < 1.29 is 34.1 Å². The number of nitrogens with one attached hydrogen (secondary N) is 3. The molecule has 50 heavy (non-hydrogen) atoms. The monoisotopic (exact) mass is 851 g/mol. The van der Waals surface area contributed by atoms with Gasteiger partial charge < -0.3 is 35.6 Å². The number of carboxylic acid groups (broad SMARTS) is 2. The molecule has 0 aliphatic carbocycles. The minimum Gasteiger partial charge on any atom is -0.487 e. The number of ether oxygens (including phenoxy) is 2. The molecule has 5 N–H and O–H groups in total. The highest BCUT2D eigenvalue weighted by Gasteiger charge is 2.15. The van der Waals surface area contributed by atoms with E-state index in [1.165, 1.54) is 0 Å². The van der Waals surface area contributed by atoms with Gasteiger partial charge in [0.15, 0.2) is 5.75 Å². The van der Waals surface area contributed by atoms with Crippen LogP contribution in [0.5, 0.6) is 11.5 Å². The summed E-state index contributed by atoms with van der Waals surface area (Å²) < 4.78 is 12.9. The maximum Gasteiger partial charge on any atom is 0.322 e. The van der Waals surface area contributed by atoms with E-state index < -0.39 is 24.4 Å². The Morgan fingerprint density at radius 1 is 0.680 bits per heavy atom. The van der Waals surface area contributed by atoms with Gasteiger partial charge in [0.05, 0.1) is 19.0 Å². The van der Waals surface area contributed by atoms with Crippen LogP contribution in [0, 0.1) is 13.8 Å². The highest BCUT2D eigenvalue weighted by molar-refractivity contribution is 9.11. The van der Waals surface area contributed by atoms with Crippen LogP contribution < -0.4 is 25.4 Å². The normalized spacial score (nSPS) is 10.4. The van der Waals surface area contributed by atoms with E-state index in [2.05, 4.69) is 47.8 Å². The summed E-state index contributed by atoms with van der Waals surface area (Å²) in [7, 11) is 3.73. The maximum atomic E-state index is 12.0. The Bertz CT molecular complexity index is 1810. The van der Waals surface area contributed by atoms with E-state index in [0.29, 0.717) is 55.7 Å². The van der Waals surface area contributed by atoms with E-state index in [0.717, 1.165) is 39.2 Å². The fourth-order valence-electron chi connectivity index (χ4n) is 4.72. The summed E-state index contributed by atoms with van der Waals surface area (Å²) in [6.45, 7) is 4.29. The average Bonchev–Trinajstić information content (AvgIpc) is 3.05. The van der Waals surface area contributed by atoms with Gasteiger partial charge in [0.25, 0.3) is 5.91 Å². The van der Waals surface area contributed by atoms with Gasteiger partial charge in [-0.25, -0.2) is 0 Å². The molecule has 4 aromatic carbocycles. The molecule has 0 bridgehead atoms. The van der Waals surface area contributed by atoms with Crippen LogP contribution in [-0.2, 0) is 29.2 Å². The Morgan fingerprint density at radius 2 is 1.16 bits per heavy atom. The molecule has 266 valence electrons. The number of hydrogen-bond acceptors (Lipinski definition) is 7. The molecule has 0 spiro atoms. The number of carbonyl (C=O) groups excluding carboxylic acids is 1. The Hall–Kier alpha value is -3.97. The van der Waals surface area contributed by atoms with Gasteiger partial charge in [-0.05, 0) is 128 Å². The first-order valence-electron chi connectivity index (χ1n) is 15.2. The van der Waals surface area contributed by atoms with Gasteiger partial charge >= 0.3 is 11.9 Å². The van der Waals surface area contributed by atoms with Crippen molar-refractivity contribution in [3.8, 4) is 11.5 Å². The third-order valence-electron chi connectivity index (χ3n) is 6.96. The molecule has 0 saturated heterocycles. The lowest BCUT2D eigenvalue weighted by Gasteiger charge is -2.13. The number of amides is 1. The van der Waals surface area contributed by atoms with E-state index in [4.69, 9.17) is 42.9 Å². The van der Waals surface area contributed by atoms with Gasteiger partial charge in [-0.3, -0.25) is 14.4 Å². The highest BCUT2D eigenvalue weighted by Crippen LogP contribution is 2.36. The lowest BCUT2D eigenvalue weighted by atomic mass is 10.1. The van der Waals surface area contributed by atoms with Crippen LogP contribution in [0.25, 0.3) is 0 Å². The van der Waals surface area contributed by atoms with Gasteiger partial charge in [-0.2, -0.15) is 0 Å². The van der Waals surface area contributed by atoms with E-state index in [9.17, 15) is 14.4 Å². The Morgan fingerprint density at radius 3 is 1.60 bits per heavy atom. The zero-order valence-corrected chi connectivity index (χ0v) is 32.4. The number of anilines is 2. The molecule has 0 unspecified atom stereocenters. The second kappa shape index (κ2) is 19.4. The van der Waals surface area contributed by atoms with Crippen LogP contribution in [0.3, 0.4) is 0 Å². The van der Waals surface area contributed by atoms with Crippen molar-refractivity contribution in [3.63, 3.8) is 0 Å². The number of hydrogen-bond donors (Lipinski definition) is 5. The smallest absolute Gasteiger partial charge is 0.322 e. The lowest BCUT2D eigenvalue weighted by Crippen LogP contribution is -2.29. The second-order valence-electron chi connectivity index (χ2n) is 11.1. The predicted octanol–water partition coefficient (Wildman–Crippen LogP) is 8.89. The van der Waals surface area contributed by atoms with Crippen LogP contribution in [0.15, 0.2) is 69.6 Å². The fourth-order valence-corrected chi connectivity index (χ4v) is 6.78. The Kier molecular flexibility index (Phi) is 15.7. The molecule has 0 fully saturated rings. The third kappa shape index (κ3) is 12.7. The molecular weight excluding hydrogens is 817 g/mol. The summed E-state index contributed by atoms with van der Waals surface area (Å²) >= 11 is 19.3. The second-order valence-corrected chi connectivity index (χ2v) is 13.6. The summed E-state index contributed by atoms with van der Waals surface area (Å²) in [6, 6.07) is 18.7. The van der Waals surface area contributed by atoms with Gasteiger partial charge in [-0.1, -0.05) is 35.3 Å². The molecule has 0 heterocycles. The molecule has 14 heteroatoms. The number of aliphatic carboxylic acids is 2. The molecule has 0 aliphatic heterocycles. The molecule has 0 radical (unpaired) electrons. The van der Waals surface area contributed by atoms with Crippen molar-refractivity contribution >= 4 is 84.3 Å². The van der Waals surface area contributed by atoms with Crippen molar-refractivity contribution in [3.05, 3.63) is 113 Å². The number of rotatable bonds is 14. The average molecular weight is 854 g/mol. The van der Waals surface area contributed by atoms with Crippen molar-refractivity contribution in [2.24, 2.45) is 0 Å². The van der Waals surface area contributed by atoms with Gasteiger partial charge in [0.2, 0.25) is 0 Å². The van der Waals surface area contributed by atoms with Crippen LogP contribution >= 0.6 is 55.1 Å². The fraction of sp³-hybridized carbons (Fsp3) is 0.250. The SMILES string of the molecule is CNc1cc(C)cc(COc2c(Br)cc(C(=O)NCC(=O)O)cc2Br)c1.CNc1cc(C)cc(COc2c(Cl)cc(CCC(=O)O)cc2Cl)c1. The van der Waals surface area contributed by atoms with E-state index in [1.54, 1.807) is 24.3 Å². The first-order chi connectivity index (χ1) is 23.7. The minimum absolute atomic E-state index is 0.0307. The molecule has 1 amide bonds. The molecule has 0 aliphatic rings. The zero-order chi connectivity index (χ0) is 37.0. The molecule has 4 aromatic rings. The molecule has 0 saturated carbocycles. The third-order valence-corrected chi connectivity index (χ3v) is 8.70. The Labute approximate surface area is 317 Å². The number of halogens is 4. The van der Waals surface area contributed by atoms with E-state index in [1.807, 2.05) is 64.3 Å². The number of carbonyl (C=O) groups is 3. The highest BCUT2D eigenvalue weighted by atomic mass is 79.9. The summed E-state index contributed by atoms with van der Waals surface area (Å²) in [5.74, 6) is -1.46. The Balaban J connectivity index is 0.000000271. The van der Waals surface area contributed by atoms with E-state index >= 15 is 0 Å². The minimum atomic E-state index is -1.10. The van der Waals surface area contributed by atoms with Gasteiger partial charge in [0, 0.05) is 37.5 Å². The summed E-state index contributed by atoms with van der Waals surface area (Å²) in [6.07, 6.45) is 0.404. The largest absolute Gasteiger partial charge is 0.487 e. The summed E-state index contributed by atoms with van der Waals surface area (Å²) in [5.41, 5.74) is 7.37. The molecule has 4 rings (SSSR count). The summed E-state index contributed by atoms with van der Waals surface area (Å²) in [4.78, 5) is 33.2. The molecule has 0 atom stereocenters. The van der Waals surface area contributed by atoms with Crippen molar-refractivity contribution in [1.82, 2.24) is 5.32 Å². The number of benzene rings is 4. The quantitative estimate of drug-likeness (QED) is 0.0840. The van der Waals surface area contributed by atoms with E-state index in [-0.39, 0.29) is 6.42 Å². The van der Waals surface area contributed by atoms with Crippen LogP contribution in [0.4, 0.5) is 11.4 Å². The van der Waals surface area contributed by atoms with Crippen LogP contribution in [0.1, 0.15) is 44.6 Å². The topological polar surface area (TPSA) is 146 Å². The van der Waals surface area contributed by atoms with Crippen molar-refractivity contribution in [1.29, 1.82) is 0 Å². The maximum absolute atomic E-state index is 12.0. The number of carboxylic acids is 2. The van der Waals surface area contributed by atoms with Crippen LogP contribution in [-0.4, -0.2) is 48.7 Å². The van der Waals surface area contributed by atoms with Crippen molar-refractivity contribution in [2.45, 2.75) is 39.9 Å². The van der Waals surface area contributed by atoms with Gasteiger partial charge in [-0.15, -0.1) is 0 Å². The predicted molar refractivity (Wildman–Crippen MR) is 204 cm³/mol. The molecular formula is C36H37Br2Cl2N3O7. The van der Waals surface area contributed by atoms with Crippen molar-refractivity contribution in [2.75, 3.05) is 31.3 Å². The van der Waals surface area contributed by atoms with Crippen LogP contribution in [0.2, 0.25) is 10.0 Å². The summed E-state index contributed by atoms with van der Waals surface area (Å²) in [5, 5.41) is 26.7. The lowest BCUT2D eigenvalue weighted by molar-refractivity contribution is -0.137. The molecule has 10 nitrogen and oxygen atoms in total. The number of aryl methyl sites for hydroxylation is 3. The van der Waals surface area contributed by atoms with Gasteiger partial charge in [0.1, 0.15) is 25.5 Å². The zero-order valence-electron chi connectivity index (χ0n) is 27.8.